The van der Waals surface area contributed by atoms with E-state index in [1.54, 1.807) is 11.3 Å². The summed E-state index contributed by atoms with van der Waals surface area (Å²) in [4.78, 5) is 8.16. The second-order valence-corrected chi connectivity index (χ2v) is 5.73. The Morgan fingerprint density at radius 3 is 3.15 bits per heavy atom. The zero-order chi connectivity index (χ0) is 9.26. The number of thiazole rings is 1. The van der Waals surface area contributed by atoms with Gasteiger partial charge in [-0.2, -0.15) is 0 Å². The monoisotopic (exact) mass is 260 g/mol. The van der Waals surface area contributed by atoms with Gasteiger partial charge in [-0.15, -0.1) is 11.3 Å². The third-order valence-corrected chi connectivity index (χ3v) is 4.26. The molecular weight excluding hydrogens is 248 g/mol. The van der Waals surface area contributed by atoms with Crippen molar-refractivity contribution in [3.8, 4) is 0 Å². The maximum Gasteiger partial charge on any atom is 0.159 e. The average molecular weight is 261 g/mol. The summed E-state index contributed by atoms with van der Waals surface area (Å²) in [5.74, 6) is 0.726. The van der Waals surface area contributed by atoms with Gasteiger partial charge in [0.1, 0.15) is 0 Å². The topological polar surface area (TPSA) is 16.1 Å². The molecule has 0 radical (unpaired) electrons. The van der Waals surface area contributed by atoms with Gasteiger partial charge >= 0.3 is 0 Å². The number of rotatable bonds is 2. The molecule has 2 nitrogen and oxygen atoms in total. The number of likely N-dealkylation sites (N-methyl/N-ethyl adjacent to an activating group) is 1. The molecule has 2 rings (SSSR count). The highest BCUT2D eigenvalue weighted by Crippen LogP contribution is 2.32. The van der Waals surface area contributed by atoms with Crippen molar-refractivity contribution in [3.63, 3.8) is 0 Å². The molecule has 0 aliphatic carbocycles. The molecule has 1 fully saturated rings. The molecular formula is C9H13BrN2S. The Labute approximate surface area is 91.1 Å². The minimum absolute atomic E-state index is 0.726. The number of nitrogens with zero attached hydrogens (tertiary/aromatic N) is 2. The normalized spacial score (nSPS) is 24.0. The zero-order valence-electron chi connectivity index (χ0n) is 7.66. The molecule has 1 aliphatic rings. The van der Waals surface area contributed by atoms with Crippen LogP contribution in [0.25, 0.3) is 0 Å². The average Bonchev–Trinajstić information content (AvgIpc) is 2.71. The molecule has 72 valence electrons. The number of halogens is 1. The van der Waals surface area contributed by atoms with Gasteiger partial charge in [0, 0.05) is 23.5 Å². The molecule has 1 aliphatic heterocycles. The van der Waals surface area contributed by atoms with Crippen molar-refractivity contribution in [1.29, 1.82) is 0 Å². The lowest BCUT2D eigenvalue weighted by Gasteiger charge is -2.11. The summed E-state index contributed by atoms with van der Waals surface area (Å²) >= 11 is 5.18. The van der Waals surface area contributed by atoms with Crippen LogP contribution in [0.5, 0.6) is 0 Å². The third kappa shape index (κ3) is 2.11. The molecule has 13 heavy (non-hydrogen) atoms. The Hall–Kier alpha value is 0.0700. The summed E-state index contributed by atoms with van der Waals surface area (Å²) in [6, 6.07) is 0. The van der Waals surface area contributed by atoms with Crippen molar-refractivity contribution in [2.45, 2.75) is 19.3 Å². The van der Waals surface area contributed by atoms with E-state index in [0.717, 1.165) is 9.83 Å². The van der Waals surface area contributed by atoms with Crippen LogP contribution < -0.4 is 0 Å². The van der Waals surface area contributed by atoms with Crippen LogP contribution in [0.3, 0.4) is 0 Å². The Kier molecular flexibility index (Phi) is 3.01. The summed E-state index contributed by atoms with van der Waals surface area (Å²) in [5, 5.41) is 0. The molecule has 1 unspecified atom stereocenters. The predicted octanol–water partition coefficient (Wildman–Crippen LogP) is 2.71. The quantitative estimate of drug-likeness (QED) is 0.813. The van der Waals surface area contributed by atoms with Crippen LogP contribution in [-0.2, 0) is 0 Å². The molecule has 1 aromatic rings. The fourth-order valence-electron chi connectivity index (χ4n) is 1.81. The van der Waals surface area contributed by atoms with Crippen LogP contribution in [0.4, 0.5) is 0 Å². The maximum atomic E-state index is 4.23. The lowest BCUT2D eigenvalue weighted by atomic mass is 10.1. The first kappa shape index (κ1) is 9.62. The fourth-order valence-corrected chi connectivity index (χ4v) is 3.23. The SMILES string of the molecule is CCN1CCC(c2cnc(Br)s2)C1. The second-order valence-electron chi connectivity index (χ2n) is 3.39. The summed E-state index contributed by atoms with van der Waals surface area (Å²) in [6.45, 7) is 5.86. The standard InChI is InChI=1S/C9H13BrN2S/c1-2-12-4-3-7(6-12)8-5-11-9(10)13-8/h5,7H,2-4,6H2,1H3. The fraction of sp³-hybridized carbons (Fsp3) is 0.667. The van der Waals surface area contributed by atoms with Crippen molar-refractivity contribution in [2.75, 3.05) is 19.6 Å². The summed E-state index contributed by atoms with van der Waals surface area (Å²) in [7, 11) is 0. The van der Waals surface area contributed by atoms with Crippen LogP contribution in [0.1, 0.15) is 24.1 Å². The molecule has 1 saturated heterocycles. The lowest BCUT2D eigenvalue weighted by molar-refractivity contribution is 0.354. The molecule has 2 heterocycles. The van der Waals surface area contributed by atoms with Crippen molar-refractivity contribution >= 4 is 27.3 Å². The molecule has 0 aromatic carbocycles. The molecule has 4 heteroatoms. The van der Waals surface area contributed by atoms with Gasteiger partial charge in [-0.1, -0.05) is 6.92 Å². The first-order chi connectivity index (χ1) is 6.29. The largest absolute Gasteiger partial charge is 0.303 e. The van der Waals surface area contributed by atoms with Gasteiger partial charge in [0.15, 0.2) is 3.92 Å². The Morgan fingerprint density at radius 2 is 2.62 bits per heavy atom. The van der Waals surface area contributed by atoms with E-state index in [4.69, 9.17) is 0 Å². The highest BCUT2D eigenvalue weighted by Gasteiger charge is 2.23. The Morgan fingerprint density at radius 1 is 1.77 bits per heavy atom. The summed E-state index contributed by atoms with van der Waals surface area (Å²) in [5.41, 5.74) is 0. The summed E-state index contributed by atoms with van der Waals surface area (Å²) < 4.78 is 1.01. The lowest BCUT2D eigenvalue weighted by Crippen LogP contribution is -2.19. The van der Waals surface area contributed by atoms with Gasteiger partial charge in [-0.3, -0.25) is 0 Å². The van der Waals surface area contributed by atoms with Crippen LogP contribution in [0.15, 0.2) is 10.1 Å². The van der Waals surface area contributed by atoms with E-state index >= 15 is 0 Å². The third-order valence-electron chi connectivity index (χ3n) is 2.62. The molecule has 0 spiro atoms. The van der Waals surface area contributed by atoms with E-state index in [0.29, 0.717) is 0 Å². The molecule has 0 saturated carbocycles. The van der Waals surface area contributed by atoms with E-state index in [-0.39, 0.29) is 0 Å². The number of aromatic nitrogens is 1. The van der Waals surface area contributed by atoms with E-state index < -0.39 is 0 Å². The van der Waals surface area contributed by atoms with E-state index in [1.807, 2.05) is 6.20 Å². The van der Waals surface area contributed by atoms with Gasteiger partial charge in [0.2, 0.25) is 0 Å². The van der Waals surface area contributed by atoms with Gasteiger partial charge < -0.3 is 4.90 Å². The highest BCUT2D eigenvalue weighted by atomic mass is 79.9. The van der Waals surface area contributed by atoms with E-state index in [1.165, 1.54) is 30.9 Å². The van der Waals surface area contributed by atoms with E-state index in [2.05, 4.69) is 32.7 Å². The Bertz CT molecular complexity index is 287. The van der Waals surface area contributed by atoms with Crippen LogP contribution >= 0.6 is 27.3 Å². The van der Waals surface area contributed by atoms with Crippen LogP contribution in [0, 0.1) is 0 Å². The molecule has 1 atom stereocenters. The van der Waals surface area contributed by atoms with Gasteiger partial charge in [0.25, 0.3) is 0 Å². The Balaban J connectivity index is 2.03. The van der Waals surface area contributed by atoms with Crippen molar-refractivity contribution in [3.05, 3.63) is 15.0 Å². The first-order valence-electron chi connectivity index (χ1n) is 4.63. The van der Waals surface area contributed by atoms with Crippen LogP contribution in [-0.4, -0.2) is 29.5 Å². The maximum absolute atomic E-state index is 4.23. The first-order valence-corrected chi connectivity index (χ1v) is 6.24. The number of likely N-dealkylation sites (tertiary alicyclic amines) is 1. The van der Waals surface area contributed by atoms with Crippen molar-refractivity contribution in [2.24, 2.45) is 0 Å². The molecule has 0 N–H and O–H groups in total. The molecule has 1 aromatic heterocycles. The minimum atomic E-state index is 0.726. The highest BCUT2D eigenvalue weighted by molar-refractivity contribution is 9.11. The van der Waals surface area contributed by atoms with Gasteiger partial charge in [-0.25, -0.2) is 4.98 Å². The molecule has 0 amide bonds. The second kappa shape index (κ2) is 4.07. The van der Waals surface area contributed by atoms with Crippen LogP contribution in [0.2, 0.25) is 0 Å². The number of hydrogen-bond donors (Lipinski definition) is 0. The predicted molar refractivity (Wildman–Crippen MR) is 59.3 cm³/mol. The smallest absolute Gasteiger partial charge is 0.159 e. The summed E-state index contributed by atoms with van der Waals surface area (Å²) in [6.07, 6.45) is 3.31. The van der Waals surface area contributed by atoms with Crippen molar-refractivity contribution < 1.29 is 0 Å². The zero-order valence-corrected chi connectivity index (χ0v) is 10.1. The van der Waals surface area contributed by atoms with Crippen molar-refractivity contribution in [1.82, 2.24) is 9.88 Å². The van der Waals surface area contributed by atoms with Gasteiger partial charge in [0.05, 0.1) is 0 Å². The molecule has 0 bridgehead atoms. The minimum Gasteiger partial charge on any atom is -0.303 e. The van der Waals surface area contributed by atoms with E-state index in [9.17, 15) is 0 Å². The van der Waals surface area contributed by atoms with Gasteiger partial charge in [-0.05, 0) is 35.4 Å². The number of hydrogen-bond acceptors (Lipinski definition) is 3.